The van der Waals surface area contributed by atoms with E-state index in [9.17, 15) is 4.79 Å². The molecule has 3 N–H and O–H groups in total. The van der Waals surface area contributed by atoms with E-state index in [-0.39, 0.29) is 11.6 Å². The standard InChI is InChI=1S/C12H18N4OS/c1-4-6-16(3)12-8(7-13)9(14)10(18-12)11(17)15-5-2/h4-6,14H2,1-3H3,(H,15,17). The first-order valence-electron chi connectivity index (χ1n) is 5.88. The molecule has 1 aromatic heterocycles. The number of hydrogen-bond acceptors (Lipinski definition) is 5. The lowest BCUT2D eigenvalue weighted by atomic mass is 10.2. The van der Waals surface area contributed by atoms with E-state index < -0.39 is 0 Å². The second-order valence-electron chi connectivity index (χ2n) is 3.92. The van der Waals surface area contributed by atoms with Crippen molar-refractivity contribution in [3.05, 3.63) is 10.4 Å². The molecule has 0 aliphatic heterocycles. The van der Waals surface area contributed by atoms with Gasteiger partial charge in [-0.05, 0) is 13.3 Å². The van der Waals surface area contributed by atoms with Gasteiger partial charge in [0.1, 0.15) is 21.5 Å². The summed E-state index contributed by atoms with van der Waals surface area (Å²) in [6, 6.07) is 2.08. The first-order chi connectivity index (χ1) is 8.56. The highest BCUT2D eigenvalue weighted by atomic mass is 32.1. The molecule has 0 saturated heterocycles. The molecule has 0 aromatic carbocycles. The smallest absolute Gasteiger partial charge is 0.263 e. The van der Waals surface area contributed by atoms with Crippen LogP contribution in [0.3, 0.4) is 0 Å². The van der Waals surface area contributed by atoms with Gasteiger partial charge < -0.3 is 16.0 Å². The largest absolute Gasteiger partial charge is 0.396 e. The van der Waals surface area contributed by atoms with Crippen molar-refractivity contribution in [3.8, 4) is 6.07 Å². The molecule has 18 heavy (non-hydrogen) atoms. The third-order valence-corrected chi connectivity index (χ3v) is 3.81. The maximum absolute atomic E-state index is 11.8. The van der Waals surface area contributed by atoms with Crippen LogP contribution >= 0.6 is 11.3 Å². The zero-order valence-corrected chi connectivity index (χ0v) is 11.7. The number of nitriles is 1. The molecule has 1 aromatic rings. The SMILES string of the molecule is CCCN(C)c1sc(C(=O)NCC)c(N)c1C#N. The molecule has 0 aliphatic carbocycles. The zero-order valence-electron chi connectivity index (χ0n) is 10.9. The molecule has 1 amide bonds. The van der Waals surface area contributed by atoms with E-state index in [4.69, 9.17) is 11.0 Å². The van der Waals surface area contributed by atoms with Crippen molar-refractivity contribution in [3.63, 3.8) is 0 Å². The normalized spacial score (nSPS) is 9.89. The minimum Gasteiger partial charge on any atom is -0.396 e. The number of nitrogens with two attached hydrogens (primary N) is 1. The third kappa shape index (κ3) is 2.74. The van der Waals surface area contributed by atoms with Gasteiger partial charge in [-0.3, -0.25) is 4.79 Å². The Balaban J connectivity index is 3.17. The molecule has 0 aliphatic rings. The monoisotopic (exact) mass is 266 g/mol. The summed E-state index contributed by atoms with van der Waals surface area (Å²) in [6.45, 7) is 5.27. The van der Waals surface area contributed by atoms with Crippen molar-refractivity contribution in [1.29, 1.82) is 5.26 Å². The first-order valence-corrected chi connectivity index (χ1v) is 6.70. The van der Waals surface area contributed by atoms with Crippen LogP contribution in [0, 0.1) is 11.3 Å². The van der Waals surface area contributed by atoms with Gasteiger partial charge in [0.2, 0.25) is 0 Å². The quantitative estimate of drug-likeness (QED) is 0.851. The molecule has 6 heteroatoms. The van der Waals surface area contributed by atoms with Crippen LogP contribution in [0.25, 0.3) is 0 Å². The van der Waals surface area contributed by atoms with E-state index in [1.54, 1.807) is 0 Å². The number of anilines is 2. The predicted molar refractivity (Wildman–Crippen MR) is 75.0 cm³/mol. The molecule has 0 atom stereocenters. The Hall–Kier alpha value is -1.74. The summed E-state index contributed by atoms with van der Waals surface area (Å²) in [6.07, 6.45) is 0.968. The summed E-state index contributed by atoms with van der Waals surface area (Å²) in [5.41, 5.74) is 6.56. The lowest BCUT2D eigenvalue weighted by Gasteiger charge is -2.16. The molecule has 0 bridgehead atoms. The van der Waals surface area contributed by atoms with Gasteiger partial charge in [0.05, 0.1) is 5.69 Å². The average molecular weight is 266 g/mol. The highest BCUT2D eigenvalue weighted by molar-refractivity contribution is 7.19. The third-order valence-electron chi connectivity index (χ3n) is 2.49. The topological polar surface area (TPSA) is 82.2 Å². The molecule has 0 saturated carbocycles. The summed E-state index contributed by atoms with van der Waals surface area (Å²) in [4.78, 5) is 14.2. The van der Waals surface area contributed by atoms with Gasteiger partial charge in [-0.1, -0.05) is 6.92 Å². The van der Waals surface area contributed by atoms with Crippen LogP contribution in [0.2, 0.25) is 0 Å². The Morgan fingerprint density at radius 3 is 2.72 bits per heavy atom. The molecule has 0 radical (unpaired) electrons. The maximum Gasteiger partial charge on any atom is 0.263 e. The second-order valence-corrected chi connectivity index (χ2v) is 4.92. The van der Waals surface area contributed by atoms with Crippen molar-refractivity contribution in [2.75, 3.05) is 30.8 Å². The number of amides is 1. The lowest BCUT2D eigenvalue weighted by molar-refractivity contribution is 0.0960. The van der Waals surface area contributed by atoms with E-state index in [2.05, 4.69) is 18.3 Å². The van der Waals surface area contributed by atoms with Crippen LogP contribution in [0.4, 0.5) is 10.7 Å². The summed E-state index contributed by atoms with van der Waals surface area (Å²) in [5, 5.41) is 12.6. The van der Waals surface area contributed by atoms with Crippen LogP contribution in [0.15, 0.2) is 0 Å². The van der Waals surface area contributed by atoms with Crippen LogP contribution in [0.5, 0.6) is 0 Å². The van der Waals surface area contributed by atoms with Gasteiger partial charge >= 0.3 is 0 Å². The summed E-state index contributed by atoms with van der Waals surface area (Å²) < 4.78 is 0. The molecule has 0 fully saturated rings. The van der Waals surface area contributed by atoms with E-state index in [1.807, 2.05) is 18.9 Å². The number of hydrogen-bond donors (Lipinski definition) is 2. The van der Waals surface area contributed by atoms with Crippen molar-refractivity contribution < 1.29 is 4.79 Å². The molecule has 0 unspecified atom stereocenters. The average Bonchev–Trinajstić information content (AvgIpc) is 2.67. The minimum atomic E-state index is -0.215. The van der Waals surface area contributed by atoms with Crippen molar-refractivity contribution in [1.82, 2.24) is 5.32 Å². The predicted octanol–water partition coefficient (Wildman–Crippen LogP) is 1.80. The van der Waals surface area contributed by atoms with Gasteiger partial charge in [-0.15, -0.1) is 11.3 Å². The van der Waals surface area contributed by atoms with Gasteiger partial charge in [-0.2, -0.15) is 5.26 Å². The summed E-state index contributed by atoms with van der Waals surface area (Å²) in [7, 11) is 1.90. The van der Waals surface area contributed by atoms with Crippen LogP contribution in [-0.2, 0) is 0 Å². The minimum absolute atomic E-state index is 0.215. The fourth-order valence-corrected chi connectivity index (χ4v) is 2.73. The van der Waals surface area contributed by atoms with Crippen molar-refractivity contribution in [2.24, 2.45) is 0 Å². The number of nitrogen functional groups attached to an aromatic ring is 1. The van der Waals surface area contributed by atoms with E-state index in [0.29, 0.717) is 17.0 Å². The highest BCUT2D eigenvalue weighted by Crippen LogP contribution is 2.37. The lowest BCUT2D eigenvalue weighted by Crippen LogP contribution is -2.22. The molecule has 98 valence electrons. The van der Waals surface area contributed by atoms with Gasteiger partial charge in [0.15, 0.2) is 0 Å². The number of carbonyl (C=O) groups excluding carboxylic acids is 1. The number of rotatable bonds is 5. The summed E-state index contributed by atoms with van der Waals surface area (Å²) >= 11 is 1.27. The van der Waals surface area contributed by atoms with Crippen LogP contribution in [-0.4, -0.2) is 26.0 Å². The Morgan fingerprint density at radius 2 is 2.22 bits per heavy atom. The Bertz CT molecular complexity index is 475. The van der Waals surface area contributed by atoms with E-state index >= 15 is 0 Å². The van der Waals surface area contributed by atoms with Gasteiger partial charge in [0, 0.05) is 20.1 Å². The number of thiophene rings is 1. The molecule has 1 heterocycles. The van der Waals surface area contributed by atoms with Crippen molar-refractivity contribution in [2.45, 2.75) is 20.3 Å². The molecular weight excluding hydrogens is 248 g/mol. The van der Waals surface area contributed by atoms with Gasteiger partial charge in [-0.25, -0.2) is 0 Å². The Kier molecular flexibility index (Phi) is 4.98. The number of carbonyl (C=O) groups is 1. The molecule has 1 rings (SSSR count). The fourth-order valence-electron chi connectivity index (χ4n) is 1.65. The first kappa shape index (κ1) is 14.3. The maximum atomic E-state index is 11.8. The Morgan fingerprint density at radius 1 is 1.56 bits per heavy atom. The molecular formula is C12H18N4OS. The van der Waals surface area contributed by atoms with E-state index in [1.165, 1.54) is 11.3 Å². The van der Waals surface area contributed by atoms with Crippen LogP contribution in [0.1, 0.15) is 35.5 Å². The number of nitrogens with zero attached hydrogens (tertiary/aromatic N) is 2. The zero-order chi connectivity index (χ0) is 13.7. The highest BCUT2D eigenvalue weighted by Gasteiger charge is 2.22. The molecule has 5 nitrogen and oxygen atoms in total. The Labute approximate surface area is 111 Å². The second kappa shape index (κ2) is 6.26. The fraction of sp³-hybridized carbons (Fsp3) is 0.500. The van der Waals surface area contributed by atoms with Crippen LogP contribution < -0.4 is 16.0 Å². The van der Waals surface area contributed by atoms with Crippen molar-refractivity contribution >= 4 is 27.9 Å². The summed E-state index contributed by atoms with van der Waals surface area (Å²) in [5.74, 6) is -0.215. The van der Waals surface area contributed by atoms with E-state index in [0.717, 1.165) is 18.0 Å². The number of nitrogens with one attached hydrogen (secondary N) is 1. The van der Waals surface area contributed by atoms with Gasteiger partial charge in [0.25, 0.3) is 5.91 Å². The molecule has 0 spiro atoms.